The highest BCUT2D eigenvalue weighted by molar-refractivity contribution is 5.14. The molecule has 2 rings (SSSR count). The highest BCUT2D eigenvalue weighted by Gasteiger charge is 2.23. The Hall–Kier alpha value is -0.900. The van der Waals surface area contributed by atoms with E-state index in [0.29, 0.717) is 6.04 Å². The van der Waals surface area contributed by atoms with E-state index in [2.05, 4.69) is 47.2 Å². The van der Waals surface area contributed by atoms with Crippen molar-refractivity contribution in [1.82, 2.24) is 9.80 Å². The second kappa shape index (κ2) is 6.88. The molecule has 3 heteroatoms. The first-order valence-electron chi connectivity index (χ1n) is 6.75. The summed E-state index contributed by atoms with van der Waals surface area (Å²) in [6.45, 7) is 5.39. The lowest BCUT2D eigenvalue weighted by Gasteiger charge is -2.39. The van der Waals surface area contributed by atoms with Crippen LogP contribution in [0.1, 0.15) is 12.0 Å². The molecule has 1 unspecified atom stereocenters. The Morgan fingerprint density at radius 2 is 2.00 bits per heavy atom. The summed E-state index contributed by atoms with van der Waals surface area (Å²) in [6, 6.07) is 11.4. The Morgan fingerprint density at radius 1 is 1.22 bits per heavy atom. The molecule has 100 valence electrons. The number of hydrogen-bond acceptors (Lipinski definition) is 3. The minimum Gasteiger partial charge on any atom is -0.385 e. The molecule has 1 atom stereocenters. The van der Waals surface area contributed by atoms with Gasteiger partial charge in [0.25, 0.3) is 0 Å². The van der Waals surface area contributed by atoms with Crippen molar-refractivity contribution in [2.45, 2.75) is 19.0 Å². The zero-order valence-electron chi connectivity index (χ0n) is 11.5. The fourth-order valence-corrected chi connectivity index (χ4v) is 2.56. The van der Waals surface area contributed by atoms with Gasteiger partial charge in [-0.2, -0.15) is 0 Å². The van der Waals surface area contributed by atoms with Gasteiger partial charge in [0.2, 0.25) is 0 Å². The molecule has 1 aliphatic heterocycles. The van der Waals surface area contributed by atoms with Crippen LogP contribution in [0.4, 0.5) is 0 Å². The van der Waals surface area contributed by atoms with Gasteiger partial charge in [-0.25, -0.2) is 0 Å². The first kappa shape index (κ1) is 13.5. The van der Waals surface area contributed by atoms with Crippen LogP contribution in [-0.2, 0) is 11.3 Å². The van der Waals surface area contributed by atoms with Crippen LogP contribution in [-0.4, -0.2) is 56.2 Å². The maximum atomic E-state index is 5.20. The van der Waals surface area contributed by atoms with E-state index >= 15 is 0 Å². The molecule has 0 spiro atoms. The van der Waals surface area contributed by atoms with E-state index in [0.717, 1.165) is 39.2 Å². The molecule has 0 amide bonds. The number of methoxy groups -OCH3 is 1. The molecule has 1 heterocycles. The normalized spacial score (nSPS) is 22.2. The topological polar surface area (TPSA) is 15.7 Å². The van der Waals surface area contributed by atoms with Crippen molar-refractivity contribution in [2.24, 2.45) is 0 Å². The Bertz CT molecular complexity index is 342. The summed E-state index contributed by atoms with van der Waals surface area (Å²) in [5.41, 5.74) is 1.41. The third-order valence-corrected chi connectivity index (χ3v) is 3.77. The van der Waals surface area contributed by atoms with Gasteiger partial charge >= 0.3 is 0 Å². The lowest BCUT2D eigenvalue weighted by Crippen LogP contribution is -2.51. The molecular formula is C15H24N2O. The number of ether oxygens (including phenoxy) is 1. The van der Waals surface area contributed by atoms with Gasteiger partial charge in [-0.1, -0.05) is 30.3 Å². The Morgan fingerprint density at radius 3 is 2.72 bits per heavy atom. The Balaban J connectivity index is 1.87. The number of hydrogen-bond donors (Lipinski definition) is 0. The number of benzene rings is 1. The number of rotatable bonds is 5. The second-order valence-electron chi connectivity index (χ2n) is 5.14. The summed E-state index contributed by atoms with van der Waals surface area (Å²) in [6.07, 6.45) is 1.12. The molecule has 0 N–H and O–H groups in total. The van der Waals surface area contributed by atoms with Crippen molar-refractivity contribution in [3.8, 4) is 0 Å². The molecule has 18 heavy (non-hydrogen) atoms. The van der Waals surface area contributed by atoms with E-state index in [-0.39, 0.29) is 0 Å². The largest absolute Gasteiger partial charge is 0.385 e. The zero-order chi connectivity index (χ0) is 12.8. The summed E-state index contributed by atoms with van der Waals surface area (Å²) < 4.78 is 5.20. The van der Waals surface area contributed by atoms with Crippen molar-refractivity contribution < 1.29 is 4.74 Å². The van der Waals surface area contributed by atoms with Gasteiger partial charge in [-0.05, 0) is 19.0 Å². The lowest BCUT2D eigenvalue weighted by atomic mass is 10.1. The maximum Gasteiger partial charge on any atom is 0.0477 e. The lowest BCUT2D eigenvalue weighted by molar-refractivity contribution is 0.0666. The average Bonchev–Trinajstić information content (AvgIpc) is 2.40. The van der Waals surface area contributed by atoms with E-state index in [1.807, 2.05) is 0 Å². The molecule has 0 bridgehead atoms. The predicted molar refractivity (Wildman–Crippen MR) is 74.6 cm³/mol. The molecule has 1 saturated heterocycles. The number of piperazine rings is 1. The van der Waals surface area contributed by atoms with Crippen molar-refractivity contribution >= 4 is 0 Å². The van der Waals surface area contributed by atoms with Gasteiger partial charge in [0, 0.05) is 45.9 Å². The van der Waals surface area contributed by atoms with E-state index in [1.54, 1.807) is 7.11 Å². The Labute approximate surface area is 110 Å². The van der Waals surface area contributed by atoms with Crippen LogP contribution in [0.3, 0.4) is 0 Å². The molecule has 1 aromatic rings. The number of likely N-dealkylation sites (N-methyl/N-ethyl adjacent to an activating group) is 1. The maximum absolute atomic E-state index is 5.20. The van der Waals surface area contributed by atoms with Crippen LogP contribution in [0.2, 0.25) is 0 Å². The van der Waals surface area contributed by atoms with Gasteiger partial charge in [0.1, 0.15) is 0 Å². The van der Waals surface area contributed by atoms with Crippen molar-refractivity contribution in [2.75, 3.05) is 40.4 Å². The first-order chi connectivity index (χ1) is 8.79. The van der Waals surface area contributed by atoms with Crippen LogP contribution >= 0.6 is 0 Å². The smallest absolute Gasteiger partial charge is 0.0477 e. The summed E-state index contributed by atoms with van der Waals surface area (Å²) >= 11 is 0. The predicted octanol–water partition coefficient (Wildman–Crippen LogP) is 1.84. The van der Waals surface area contributed by atoms with Crippen LogP contribution in [0, 0.1) is 0 Å². The molecule has 0 aliphatic carbocycles. The fourth-order valence-electron chi connectivity index (χ4n) is 2.56. The zero-order valence-corrected chi connectivity index (χ0v) is 11.5. The van der Waals surface area contributed by atoms with Gasteiger partial charge < -0.3 is 9.64 Å². The van der Waals surface area contributed by atoms with E-state index in [1.165, 1.54) is 5.56 Å². The van der Waals surface area contributed by atoms with Crippen LogP contribution in [0.5, 0.6) is 0 Å². The summed E-state index contributed by atoms with van der Waals surface area (Å²) in [7, 11) is 4.00. The molecule has 3 nitrogen and oxygen atoms in total. The minimum absolute atomic E-state index is 0.627. The first-order valence-corrected chi connectivity index (χ1v) is 6.75. The van der Waals surface area contributed by atoms with Crippen LogP contribution in [0.25, 0.3) is 0 Å². The SMILES string of the molecule is COCCC1CN(Cc2ccccc2)CCN1C. The molecule has 1 aromatic carbocycles. The third kappa shape index (κ3) is 3.80. The van der Waals surface area contributed by atoms with Crippen LogP contribution < -0.4 is 0 Å². The average molecular weight is 248 g/mol. The van der Waals surface area contributed by atoms with Crippen molar-refractivity contribution in [1.29, 1.82) is 0 Å². The molecule has 0 aromatic heterocycles. The highest BCUT2D eigenvalue weighted by Crippen LogP contribution is 2.14. The second-order valence-corrected chi connectivity index (χ2v) is 5.14. The van der Waals surface area contributed by atoms with Gasteiger partial charge in [-0.15, -0.1) is 0 Å². The van der Waals surface area contributed by atoms with Gasteiger partial charge in [0.05, 0.1) is 0 Å². The molecular weight excluding hydrogens is 224 g/mol. The standard InChI is InChI=1S/C15H24N2O/c1-16-9-10-17(13-15(16)8-11-18-2)12-14-6-4-3-5-7-14/h3-7,15H,8-13H2,1-2H3. The summed E-state index contributed by atoms with van der Waals surface area (Å²) in [5, 5.41) is 0. The van der Waals surface area contributed by atoms with Gasteiger partial charge in [-0.3, -0.25) is 4.90 Å². The number of nitrogens with zero attached hydrogens (tertiary/aromatic N) is 2. The molecule has 0 saturated carbocycles. The fraction of sp³-hybridized carbons (Fsp3) is 0.600. The quantitative estimate of drug-likeness (QED) is 0.791. The third-order valence-electron chi connectivity index (χ3n) is 3.77. The van der Waals surface area contributed by atoms with E-state index in [4.69, 9.17) is 4.74 Å². The van der Waals surface area contributed by atoms with Crippen molar-refractivity contribution in [3.63, 3.8) is 0 Å². The molecule has 1 fully saturated rings. The van der Waals surface area contributed by atoms with Crippen LogP contribution in [0.15, 0.2) is 30.3 Å². The monoisotopic (exact) mass is 248 g/mol. The van der Waals surface area contributed by atoms with E-state index < -0.39 is 0 Å². The summed E-state index contributed by atoms with van der Waals surface area (Å²) in [5.74, 6) is 0. The summed E-state index contributed by atoms with van der Waals surface area (Å²) in [4.78, 5) is 5.01. The minimum atomic E-state index is 0.627. The van der Waals surface area contributed by atoms with Gasteiger partial charge in [0.15, 0.2) is 0 Å². The Kier molecular flexibility index (Phi) is 5.17. The molecule has 0 radical (unpaired) electrons. The highest BCUT2D eigenvalue weighted by atomic mass is 16.5. The van der Waals surface area contributed by atoms with E-state index in [9.17, 15) is 0 Å². The molecule has 1 aliphatic rings. The van der Waals surface area contributed by atoms with Crippen molar-refractivity contribution in [3.05, 3.63) is 35.9 Å².